The molecule has 4 aliphatic rings. The van der Waals surface area contributed by atoms with Crippen LogP contribution in [0, 0.1) is 23.2 Å². The van der Waals surface area contributed by atoms with E-state index >= 15 is 0 Å². The fourth-order valence-electron chi connectivity index (χ4n) is 6.07. The first-order valence-corrected chi connectivity index (χ1v) is 10.7. The molecule has 0 radical (unpaired) electrons. The van der Waals surface area contributed by atoms with Gasteiger partial charge in [0.25, 0.3) is 5.91 Å². The van der Waals surface area contributed by atoms with Crippen LogP contribution in [-0.4, -0.2) is 28.6 Å². The molecule has 0 saturated heterocycles. The lowest BCUT2D eigenvalue weighted by molar-refractivity contribution is -0.0969. The number of ether oxygens (including phenoxy) is 1. The van der Waals surface area contributed by atoms with Crippen LogP contribution in [0.3, 0.4) is 0 Å². The zero-order chi connectivity index (χ0) is 20.0. The van der Waals surface area contributed by atoms with Crippen LogP contribution < -0.4 is 10.1 Å². The summed E-state index contributed by atoms with van der Waals surface area (Å²) in [5, 5.41) is 13.8. The van der Waals surface area contributed by atoms with E-state index in [-0.39, 0.29) is 17.4 Å². The maximum atomic E-state index is 12.9. The first kappa shape index (κ1) is 18.9. The highest BCUT2D eigenvalue weighted by molar-refractivity contribution is 6.30. The van der Waals surface area contributed by atoms with Gasteiger partial charge in [0.15, 0.2) is 0 Å². The largest absolute Gasteiger partial charge is 0.439 e. The molecule has 4 bridgehead atoms. The number of hydrogen-bond donors (Lipinski definition) is 2. The number of halogens is 1. The molecule has 2 aromatic rings. The summed E-state index contributed by atoms with van der Waals surface area (Å²) in [6.45, 7) is 0.293. The Balaban J connectivity index is 1.24. The molecule has 6 rings (SSSR count). The number of rotatable bonds is 5. The van der Waals surface area contributed by atoms with Gasteiger partial charge in [-0.1, -0.05) is 11.6 Å². The third-order valence-corrected chi connectivity index (χ3v) is 7.30. The Kier molecular flexibility index (Phi) is 4.75. The highest BCUT2D eigenvalue weighted by Crippen LogP contribution is 2.59. The summed E-state index contributed by atoms with van der Waals surface area (Å²) < 4.78 is 5.69. The van der Waals surface area contributed by atoms with E-state index in [1.54, 1.807) is 36.4 Å². The van der Waals surface area contributed by atoms with E-state index in [0.29, 0.717) is 40.7 Å². The molecule has 4 fully saturated rings. The highest BCUT2D eigenvalue weighted by Gasteiger charge is 2.55. The van der Waals surface area contributed by atoms with Crippen molar-refractivity contribution < 1.29 is 14.6 Å². The quantitative estimate of drug-likeness (QED) is 0.761. The van der Waals surface area contributed by atoms with Gasteiger partial charge in [0.2, 0.25) is 5.88 Å². The van der Waals surface area contributed by atoms with E-state index in [1.807, 2.05) is 0 Å². The van der Waals surface area contributed by atoms with Crippen molar-refractivity contribution in [1.82, 2.24) is 10.3 Å². The summed E-state index contributed by atoms with van der Waals surface area (Å²) in [6.07, 6.45) is 7.16. The molecule has 2 N–H and O–H groups in total. The van der Waals surface area contributed by atoms with Gasteiger partial charge < -0.3 is 15.2 Å². The van der Waals surface area contributed by atoms with E-state index in [0.717, 1.165) is 18.8 Å². The van der Waals surface area contributed by atoms with Gasteiger partial charge in [0.05, 0.1) is 5.02 Å². The van der Waals surface area contributed by atoms with Gasteiger partial charge in [0, 0.05) is 30.5 Å². The summed E-state index contributed by atoms with van der Waals surface area (Å²) in [5.74, 6) is 2.77. The minimum Gasteiger partial charge on any atom is -0.439 e. The van der Waals surface area contributed by atoms with E-state index in [4.69, 9.17) is 16.3 Å². The number of hydrogen-bond acceptors (Lipinski definition) is 4. The van der Waals surface area contributed by atoms with Gasteiger partial charge in [0.1, 0.15) is 5.75 Å². The van der Waals surface area contributed by atoms with Gasteiger partial charge in [-0.2, -0.15) is 0 Å². The molecule has 1 amide bonds. The predicted octanol–water partition coefficient (Wildman–Crippen LogP) is 4.44. The molecule has 6 heteroatoms. The van der Waals surface area contributed by atoms with E-state index in [9.17, 15) is 9.90 Å². The lowest BCUT2D eigenvalue weighted by atomic mass is 9.48. The lowest BCUT2D eigenvalue weighted by Crippen LogP contribution is -2.60. The summed E-state index contributed by atoms with van der Waals surface area (Å²) in [7, 11) is 0. The van der Waals surface area contributed by atoms with Crippen LogP contribution in [-0.2, 0) is 0 Å². The van der Waals surface area contributed by atoms with Crippen molar-refractivity contribution in [3.63, 3.8) is 0 Å². The van der Waals surface area contributed by atoms with Crippen LogP contribution >= 0.6 is 11.6 Å². The molecule has 2 atom stereocenters. The number of pyridine rings is 1. The molecule has 0 aliphatic heterocycles. The molecular formula is C23H25ClN2O3. The molecule has 4 aliphatic carbocycles. The second-order valence-corrected chi connectivity index (χ2v) is 9.50. The second kappa shape index (κ2) is 7.29. The summed E-state index contributed by atoms with van der Waals surface area (Å²) >= 11 is 5.84. The predicted molar refractivity (Wildman–Crippen MR) is 110 cm³/mol. The van der Waals surface area contributed by atoms with Gasteiger partial charge >= 0.3 is 0 Å². The monoisotopic (exact) mass is 412 g/mol. The molecule has 29 heavy (non-hydrogen) atoms. The van der Waals surface area contributed by atoms with Gasteiger partial charge in [-0.05, 0) is 85.6 Å². The number of nitrogens with zero attached hydrogens (tertiary/aromatic N) is 1. The molecule has 1 heterocycles. The van der Waals surface area contributed by atoms with Crippen LogP contribution in [0.1, 0.15) is 42.5 Å². The Labute approximate surface area is 175 Å². The van der Waals surface area contributed by atoms with Crippen molar-refractivity contribution in [2.45, 2.75) is 38.1 Å². The molecule has 5 nitrogen and oxygen atoms in total. The van der Waals surface area contributed by atoms with Gasteiger partial charge in [-0.25, -0.2) is 4.98 Å². The Hall–Kier alpha value is -2.11. The van der Waals surface area contributed by atoms with Gasteiger partial charge in [-0.3, -0.25) is 4.79 Å². The van der Waals surface area contributed by atoms with Crippen LogP contribution in [0.25, 0.3) is 0 Å². The zero-order valence-corrected chi connectivity index (χ0v) is 16.9. The normalized spacial score (nSPS) is 32.2. The molecule has 0 spiro atoms. The first-order valence-electron chi connectivity index (χ1n) is 10.3. The van der Waals surface area contributed by atoms with Crippen LogP contribution in [0.15, 0.2) is 42.6 Å². The Morgan fingerprint density at radius 3 is 2.48 bits per heavy atom. The van der Waals surface area contributed by atoms with E-state index in [2.05, 4.69) is 10.3 Å². The van der Waals surface area contributed by atoms with Crippen molar-refractivity contribution in [2.24, 2.45) is 23.2 Å². The van der Waals surface area contributed by atoms with Crippen molar-refractivity contribution in [1.29, 1.82) is 0 Å². The maximum Gasteiger partial charge on any atom is 0.251 e. The lowest BCUT2D eigenvalue weighted by Gasteiger charge is -2.59. The van der Waals surface area contributed by atoms with E-state index < -0.39 is 0 Å². The molecular weight excluding hydrogens is 388 g/mol. The smallest absolute Gasteiger partial charge is 0.251 e. The fraction of sp³-hybridized carbons (Fsp3) is 0.478. The number of benzene rings is 1. The third-order valence-electron chi connectivity index (χ3n) is 7.07. The van der Waals surface area contributed by atoms with Crippen molar-refractivity contribution >= 4 is 17.5 Å². The Bertz CT molecular complexity index is 883. The maximum absolute atomic E-state index is 12.9. The number of amides is 1. The SMILES string of the molecule is O=C(NC1C2CC3CC1CC(CO)(C3)C2)c1ccc(Oc2ccc(Cl)cn2)cc1. The number of aromatic nitrogens is 1. The van der Waals surface area contributed by atoms with E-state index in [1.165, 1.54) is 25.5 Å². The average Bonchev–Trinajstić information content (AvgIpc) is 2.72. The fourth-order valence-corrected chi connectivity index (χ4v) is 6.19. The second-order valence-electron chi connectivity index (χ2n) is 9.07. The summed E-state index contributed by atoms with van der Waals surface area (Å²) in [6, 6.07) is 10.8. The third kappa shape index (κ3) is 3.62. The Morgan fingerprint density at radius 1 is 1.14 bits per heavy atom. The molecule has 1 aromatic heterocycles. The minimum absolute atomic E-state index is 0.0308. The van der Waals surface area contributed by atoms with Crippen molar-refractivity contribution in [2.75, 3.05) is 6.61 Å². The zero-order valence-electron chi connectivity index (χ0n) is 16.2. The van der Waals surface area contributed by atoms with Crippen molar-refractivity contribution in [3.8, 4) is 11.6 Å². The van der Waals surface area contributed by atoms with Crippen molar-refractivity contribution in [3.05, 3.63) is 53.2 Å². The number of nitrogens with one attached hydrogen (secondary N) is 1. The van der Waals surface area contributed by atoms with Crippen LogP contribution in [0.4, 0.5) is 0 Å². The number of carbonyl (C=O) groups is 1. The standard InChI is InChI=1S/C23H25ClN2O3/c24-18-3-6-20(25-12-18)29-19-4-1-15(2-5-19)22(28)26-21-16-7-14-8-17(21)11-23(9-14,10-16)13-27/h1-6,12,14,16-17,21,27H,7-11,13H2,(H,26,28). The van der Waals surface area contributed by atoms with Gasteiger partial charge in [-0.15, -0.1) is 0 Å². The topological polar surface area (TPSA) is 71.5 Å². The molecule has 4 saturated carbocycles. The summed E-state index contributed by atoms with van der Waals surface area (Å²) in [5.41, 5.74) is 0.749. The highest BCUT2D eigenvalue weighted by atomic mass is 35.5. The average molecular weight is 413 g/mol. The van der Waals surface area contributed by atoms with Crippen LogP contribution in [0.5, 0.6) is 11.6 Å². The minimum atomic E-state index is -0.0308. The first-order chi connectivity index (χ1) is 14.0. The number of aliphatic hydroxyl groups is 1. The molecule has 2 unspecified atom stereocenters. The Morgan fingerprint density at radius 2 is 1.86 bits per heavy atom. The molecule has 152 valence electrons. The number of carbonyl (C=O) groups excluding carboxylic acids is 1. The molecule has 1 aromatic carbocycles. The summed E-state index contributed by atoms with van der Waals surface area (Å²) in [4.78, 5) is 17.0. The van der Waals surface area contributed by atoms with Crippen LogP contribution in [0.2, 0.25) is 5.02 Å². The number of aliphatic hydroxyl groups excluding tert-OH is 1.